The summed E-state index contributed by atoms with van der Waals surface area (Å²) in [6.07, 6.45) is 0. The van der Waals surface area contributed by atoms with E-state index in [0.29, 0.717) is 6.54 Å². The SMILES string of the molecule is CCN(CC)CCN(C)C(C)(C)CN. The summed E-state index contributed by atoms with van der Waals surface area (Å²) in [6, 6.07) is 0. The van der Waals surface area contributed by atoms with Crippen molar-refractivity contribution in [2.75, 3.05) is 39.8 Å². The lowest BCUT2D eigenvalue weighted by molar-refractivity contribution is 0.141. The van der Waals surface area contributed by atoms with Gasteiger partial charge in [0.2, 0.25) is 0 Å². The highest BCUT2D eigenvalue weighted by atomic mass is 15.2. The molecule has 0 aromatic heterocycles. The van der Waals surface area contributed by atoms with Crippen LogP contribution in [-0.2, 0) is 0 Å². The summed E-state index contributed by atoms with van der Waals surface area (Å²) < 4.78 is 0. The standard InChI is InChI=1S/C11H27N3/c1-6-14(7-2)9-8-13(5)11(3,4)10-12/h6-10,12H2,1-5H3. The molecule has 0 saturated heterocycles. The van der Waals surface area contributed by atoms with E-state index in [9.17, 15) is 0 Å². The number of likely N-dealkylation sites (N-methyl/N-ethyl adjacent to an activating group) is 2. The Morgan fingerprint density at radius 1 is 1.07 bits per heavy atom. The molecule has 2 N–H and O–H groups in total. The fourth-order valence-electron chi connectivity index (χ4n) is 1.29. The van der Waals surface area contributed by atoms with Gasteiger partial charge in [-0.25, -0.2) is 0 Å². The van der Waals surface area contributed by atoms with Crippen LogP contribution in [0.5, 0.6) is 0 Å². The summed E-state index contributed by atoms with van der Waals surface area (Å²) in [5.74, 6) is 0. The van der Waals surface area contributed by atoms with Gasteiger partial charge in [0.05, 0.1) is 0 Å². The molecule has 3 nitrogen and oxygen atoms in total. The normalized spacial score (nSPS) is 12.9. The Hall–Kier alpha value is -0.120. The van der Waals surface area contributed by atoms with Crippen molar-refractivity contribution in [1.29, 1.82) is 0 Å². The van der Waals surface area contributed by atoms with E-state index in [1.165, 1.54) is 0 Å². The molecule has 0 unspecified atom stereocenters. The van der Waals surface area contributed by atoms with Gasteiger partial charge < -0.3 is 10.6 Å². The molecule has 0 rings (SSSR count). The Morgan fingerprint density at radius 2 is 1.57 bits per heavy atom. The second kappa shape index (κ2) is 6.38. The largest absolute Gasteiger partial charge is 0.329 e. The summed E-state index contributed by atoms with van der Waals surface area (Å²) in [5, 5.41) is 0. The molecule has 14 heavy (non-hydrogen) atoms. The molecule has 0 aliphatic heterocycles. The molecule has 86 valence electrons. The van der Waals surface area contributed by atoms with E-state index in [1.54, 1.807) is 0 Å². The van der Waals surface area contributed by atoms with Crippen LogP contribution in [-0.4, -0.2) is 55.1 Å². The van der Waals surface area contributed by atoms with Gasteiger partial charge in [0.25, 0.3) is 0 Å². The molecule has 3 heteroatoms. The molecule has 0 bridgehead atoms. The minimum absolute atomic E-state index is 0.118. The van der Waals surface area contributed by atoms with E-state index in [-0.39, 0.29) is 5.54 Å². The highest BCUT2D eigenvalue weighted by molar-refractivity contribution is 4.80. The zero-order valence-corrected chi connectivity index (χ0v) is 10.5. The van der Waals surface area contributed by atoms with Crippen molar-refractivity contribution >= 4 is 0 Å². The molecule has 0 radical (unpaired) electrons. The molecule has 0 aromatic carbocycles. The van der Waals surface area contributed by atoms with Crippen molar-refractivity contribution in [3.8, 4) is 0 Å². The number of hydrogen-bond donors (Lipinski definition) is 1. The van der Waals surface area contributed by atoms with Crippen LogP contribution in [0.2, 0.25) is 0 Å². The zero-order chi connectivity index (χ0) is 11.2. The first-order chi connectivity index (χ1) is 6.47. The minimum atomic E-state index is 0.118. The van der Waals surface area contributed by atoms with Gasteiger partial charge in [-0.3, -0.25) is 4.90 Å². The van der Waals surface area contributed by atoms with Gasteiger partial charge >= 0.3 is 0 Å². The van der Waals surface area contributed by atoms with Crippen LogP contribution in [0.3, 0.4) is 0 Å². The van der Waals surface area contributed by atoms with Gasteiger partial charge in [0, 0.05) is 25.2 Å². The zero-order valence-electron chi connectivity index (χ0n) is 10.5. The average molecular weight is 201 g/mol. The third kappa shape index (κ3) is 4.40. The first-order valence-electron chi connectivity index (χ1n) is 5.61. The van der Waals surface area contributed by atoms with Crippen molar-refractivity contribution in [3.05, 3.63) is 0 Å². The second-order valence-electron chi connectivity index (χ2n) is 4.46. The predicted molar refractivity (Wildman–Crippen MR) is 63.6 cm³/mol. The smallest absolute Gasteiger partial charge is 0.0272 e. The molecule has 0 fully saturated rings. The second-order valence-corrected chi connectivity index (χ2v) is 4.46. The van der Waals surface area contributed by atoms with E-state index in [0.717, 1.165) is 26.2 Å². The van der Waals surface area contributed by atoms with Gasteiger partial charge in [0.1, 0.15) is 0 Å². The maximum Gasteiger partial charge on any atom is 0.0272 e. The van der Waals surface area contributed by atoms with Gasteiger partial charge in [-0.1, -0.05) is 13.8 Å². The lowest BCUT2D eigenvalue weighted by atomic mass is 10.0. The van der Waals surface area contributed by atoms with Crippen LogP contribution in [0.15, 0.2) is 0 Å². The Bertz CT molecular complexity index is 141. The minimum Gasteiger partial charge on any atom is -0.329 e. The van der Waals surface area contributed by atoms with Crippen molar-refractivity contribution < 1.29 is 0 Å². The molecule has 0 aliphatic rings. The first-order valence-corrected chi connectivity index (χ1v) is 5.61. The molecule has 0 aliphatic carbocycles. The molecule has 0 heterocycles. The van der Waals surface area contributed by atoms with E-state index in [1.807, 2.05) is 0 Å². The lowest BCUT2D eigenvalue weighted by Gasteiger charge is -2.35. The number of rotatable bonds is 7. The van der Waals surface area contributed by atoms with Crippen LogP contribution >= 0.6 is 0 Å². The molecule has 0 atom stereocenters. The van der Waals surface area contributed by atoms with Crippen LogP contribution in [0, 0.1) is 0 Å². The average Bonchev–Trinajstić information content (AvgIpc) is 2.19. The van der Waals surface area contributed by atoms with E-state index >= 15 is 0 Å². The summed E-state index contributed by atoms with van der Waals surface area (Å²) >= 11 is 0. The molecule has 0 saturated carbocycles. The van der Waals surface area contributed by atoms with Crippen LogP contribution < -0.4 is 5.73 Å². The predicted octanol–water partition coefficient (Wildman–Crippen LogP) is 0.997. The monoisotopic (exact) mass is 201 g/mol. The van der Waals surface area contributed by atoms with Crippen molar-refractivity contribution in [1.82, 2.24) is 9.80 Å². The fourth-order valence-corrected chi connectivity index (χ4v) is 1.29. The Kier molecular flexibility index (Phi) is 6.33. The highest BCUT2D eigenvalue weighted by Crippen LogP contribution is 2.09. The van der Waals surface area contributed by atoms with Crippen molar-refractivity contribution in [2.45, 2.75) is 33.2 Å². The Labute approximate surface area is 89.2 Å². The van der Waals surface area contributed by atoms with Gasteiger partial charge in [-0.2, -0.15) is 0 Å². The van der Waals surface area contributed by atoms with E-state index in [2.05, 4.69) is 44.5 Å². The molecular weight excluding hydrogens is 174 g/mol. The summed E-state index contributed by atoms with van der Waals surface area (Å²) in [5.41, 5.74) is 5.84. The summed E-state index contributed by atoms with van der Waals surface area (Å²) in [6.45, 7) is 14.0. The van der Waals surface area contributed by atoms with Crippen LogP contribution in [0.4, 0.5) is 0 Å². The lowest BCUT2D eigenvalue weighted by Crippen LogP contribution is -2.49. The molecule has 0 spiro atoms. The number of nitrogens with zero attached hydrogens (tertiary/aromatic N) is 2. The van der Waals surface area contributed by atoms with Crippen LogP contribution in [0.1, 0.15) is 27.7 Å². The third-order valence-electron chi connectivity index (χ3n) is 3.18. The molecular formula is C11H27N3. The fraction of sp³-hybridized carbons (Fsp3) is 1.00. The van der Waals surface area contributed by atoms with Gasteiger partial charge in [-0.05, 0) is 34.0 Å². The van der Waals surface area contributed by atoms with Gasteiger partial charge in [-0.15, -0.1) is 0 Å². The first kappa shape index (κ1) is 13.9. The highest BCUT2D eigenvalue weighted by Gasteiger charge is 2.21. The molecule has 0 aromatic rings. The maximum atomic E-state index is 5.72. The van der Waals surface area contributed by atoms with E-state index < -0.39 is 0 Å². The quantitative estimate of drug-likeness (QED) is 0.667. The third-order valence-corrected chi connectivity index (χ3v) is 3.18. The van der Waals surface area contributed by atoms with Crippen molar-refractivity contribution in [3.63, 3.8) is 0 Å². The topological polar surface area (TPSA) is 32.5 Å². The Morgan fingerprint density at radius 3 is 1.93 bits per heavy atom. The van der Waals surface area contributed by atoms with E-state index in [4.69, 9.17) is 5.73 Å². The maximum absolute atomic E-state index is 5.72. The van der Waals surface area contributed by atoms with Crippen LogP contribution in [0.25, 0.3) is 0 Å². The van der Waals surface area contributed by atoms with Crippen molar-refractivity contribution in [2.24, 2.45) is 5.73 Å². The summed E-state index contributed by atoms with van der Waals surface area (Å²) in [7, 11) is 2.15. The number of hydrogen-bond acceptors (Lipinski definition) is 3. The number of nitrogens with two attached hydrogens (primary N) is 1. The summed E-state index contributed by atoms with van der Waals surface area (Å²) in [4.78, 5) is 4.77. The Balaban J connectivity index is 3.88. The molecule has 0 amide bonds. The van der Waals surface area contributed by atoms with Gasteiger partial charge in [0.15, 0.2) is 0 Å².